The van der Waals surface area contributed by atoms with Gasteiger partial charge in [-0.25, -0.2) is 4.98 Å². The van der Waals surface area contributed by atoms with Gasteiger partial charge in [-0.15, -0.1) is 11.3 Å². The van der Waals surface area contributed by atoms with Crippen LogP contribution in [-0.2, 0) is 4.79 Å². The maximum atomic E-state index is 12.1. The third-order valence-corrected chi connectivity index (χ3v) is 4.54. The predicted molar refractivity (Wildman–Crippen MR) is 104 cm³/mol. The number of nitrogens with one attached hydrogen (secondary N) is 1. The third-order valence-electron chi connectivity index (χ3n) is 3.78. The molecule has 2 aromatic heterocycles. The van der Waals surface area contributed by atoms with Gasteiger partial charge in [-0.3, -0.25) is 15.1 Å². The second-order valence-corrected chi connectivity index (χ2v) is 6.78. The highest BCUT2D eigenvalue weighted by Gasteiger charge is 2.11. The minimum absolute atomic E-state index is 0.206. The molecule has 1 N–H and O–H groups in total. The molecule has 0 saturated carbocycles. The topological polar surface area (TPSA) is 54.9 Å². The number of aromatic nitrogens is 2. The highest BCUT2D eigenvalue weighted by atomic mass is 32.1. The lowest BCUT2D eigenvalue weighted by Crippen LogP contribution is -2.07. The van der Waals surface area contributed by atoms with Crippen molar-refractivity contribution in [2.24, 2.45) is 0 Å². The summed E-state index contributed by atoms with van der Waals surface area (Å²) >= 11 is 1.43. The summed E-state index contributed by atoms with van der Waals surface area (Å²) in [5.74, 6) is -0.206. The van der Waals surface area contributed by atoms with Crippen LogP contribution in [0.4, 0.5) is 5.13 Å². The zero-order chi connectivity index (χ0) is 17.8. The SMILES string of the molecule is Cc1cc(C)c(-c2csc(NC(=O)C=Cc3cccnc3)n2)c(C)c1. The molecule has 2 heterocycles. The van der Waals surface area contributed by atoms with Gasteiger partial charge in [-0.1, -0.05) is 23.8 Å². The Morgan fingerprint density at radius 3 is 2.64 bits per heavy atom. The van der Waals surface area contributed by atoms with Gasteiger partial charge in [0.1, 0.15) is 0 Å². The number of hydrogen-bond donors (Lipinski definition) is 1. The number of carbonyl (C=O) groups is 1. The summed E-state index contributed by atoms with van der Waals surface area (Å²) in [6.07, 6.45) is 6.61. The van der Waals surface area contributed by atoms with Crippen molar-refractivity contribution in [3.63, 3.8) is 0 Å². The normalized spacial score (nSPS) is 11.0. The Morgan fingerprint density at radius 2 is 1.96 bits per heavy atom. The third kappa shape index (κ3) is 4.19. The van der Waals surface area contributed by atoms with E-state index in [4.69, 9.17) is 0 Å². The van der Waals surface area contributed by atoms with Gasteiger partial charge in [0, 0.05) is 29.4 Å². The number of benzene rings is 1. The van der Waals surface area contributed by atoms with Crippen molar-refractivity contribution in [1.29, 1.82) is 0 Å². The molecule has 0 aliphatic rings. The zero-order valence-electron chi connectivity index (χ0n) is 14.4. The number of hydrogen-bond acceptors (Lipinski definition) is 4. The number of amides is 1. The highest BCUT2D eigenvalue weighted by Crippen LogP contribution is 2.31. The molecule has 0 saturated heterocycles. The summed E-state index contributed by atoms with van der Waals surface area (Å²) in [5.41, 5.74) is 6.53. The lowest BCUT2D eigenvalue weighted by atomic mass is 9.98. The number of nitrogens with zero attached hydrogens (tertiary/aromatic N) is 2. The molecule has 0 spiro atoms. The predicted octanol–water partition coefficient (Wildman–Crippen LogP) is 4.78. The van der Waals surface area contributed by atoms with Gasteiger partial charge in [0.05, 0.1) is 5.69 Å². The Balaban J connectivity index is 1.74. The maximum absolute atomic E-state index is 12.1. The van der Waals surface area contributed by atoms with Crippen molar-refractivity contribution in [2.45, 2.75) is 20.8 Å². The lowest BCUT2D eigenvalue weighted by molar-refractivity contribution is -0.111. The van der Waals surface area contributed by atoms with Crippen molar-refractivity contribution in [2.75, 3.05) is 5.32 Å². The summed E-state index contributed by atoms with van der Waals surface area (Å²) in [6.45, 7) is 6.26. The molecule has 4 nitrogen and oxygen atoms in total. The van der Waals surface area contributed by atoms with Crippen molar-refractivity contribution >= 4 is 28.5 Å². The van der Waals surface area contributed by atoms with E-state index in [0.29, 0.717) is 5.13 Å². The van der Waals surface area contributed by atoms with Gasteiger partial charge in [0.2, 0.25) is 5.91 Å². The van der Waals surface area contributed by atoms with Crippen LogP contribution >= 0.6 is 11.3 Å². The number of thiazole rings is 1. The fourth-order valence-corrected chi connectivity index (χ4v) is 3.53. The van der Waals surface area contributed by atoms with Crippen LogP contribution in [0, 0.1) is 20.8 Å². The van der Waals surface area contributed by atoms with Gasteiger partial charge < -0.3 is 0 Å². The Labute approximate surface area is 151 Å². The van der Waals surface area contributed by atoms with Crippen LogP contribution in [0.25, 0.3) is 17.3 Å². The Morgan fingerprint density at radius 1 is 1.20 bits per heavy atom. The number of anilines is 1. The van der Waals surface area contributed by atoms with E-state index in [1.807, 2.05) is 17.5 Å². The van der Waals surface area contributed by atoms with Crippen LogP contribution < -0.4 is 5.32 Å². The van der Waals surface area contributed by atoms with E-state index in [-0.39, 0.29) is 5.91 Å². The molecule has 0 atom stereocenters. The molecule has 126 valence electrons. The van der Waals surface area contributed by atoms with Crippen molar-refractivity contribution in [3.05, 3.63) is 70.4 Å². The highest BCUT2D eigenvalue weighted by molar-refractivity contribution is 7.14. The number of carbonyl (C=O) groups excluding carboxylic acids is 1. The van der Waals surface area contributed by atoms with Gasteiger partial charge in [-0.2, -0.15) is 0 Å². The fourth-order valence-electron chi connectivity index (χ4n) is 2.82. The minimum Gasteiger partial charge on any atom is -0.298 e. The summed E-state index contributed by atoms with van der Waals surface area (Å²) in [7, 11) is 0. The molecule has 0 aliphatic heterocycles. The van der Waals surface area contributed by atoms with Gasteiger partial charge >= 0.3 is 0 Å². The summed E-state index contributed by atoms with van der Waals surface area (Å²) in [4.78, 5) is 20.6. The molecule has 0 radical (unpaired) electrons. The first-order chi connectivity index (χ1) is 12.0. The average Bonchev–Trinajstić information content (AvgIpc) is 3.01. The molecule has 0 unspecified atom stereocenters. The van der Waals surface area contributed by atoms with Crippen molar-refractivity contribution in [1.82, 2.24) is 9.97 Å². The van der Waals surface area contributed by atoms with Crippen LogP contribution in [0.3, 0.4) is 0 Å². The summed E-state index contributed by atoms with van der Waals surface area (Å²) in [5, 5.41) is 5.38. The Hall–Kier alpha value is -2.79. The van der Waals surface area contributed by atoms with Crippen LogP contribution in [-0.4, -0.2) is 15.9 Å². The molecular formula is C20H19N3OS. The summed E-state index contributed by atoms with van der Waals surface area (Å²) < 4.78 is 0. The van der Waals surface area contributed by atoms with Crippen molar-refractivity contribution in [3.8, 4) is 11.3 Å². The monoisotopic (exact) mass is 349 g/mol. The van der Waals surface area contributed by atoms with E-state index in [1.54, 1.807) is 18.5 Å². The first-order valence-electron chi connectivity index (χ1n) is 7.96. The van der Waals surface area contributed by atoms with Crippen LogP contribution in [0.5, 0.6) is 0 Å². The van der Waals surface area contributed by atoms with Crippen molar-refractivity contribution < 1.29 is 4.79 Å². The molecule has 1 aromatic carbocycles. The van der Waals surface area contributed by atoms with Crippen LogP contribution in [0.15, 0.2) is 48.1 Å². The molecule has 0 fully saturated rings. The van der Waals surface area contributed by atoms with E-state index < -0.39 is 0 Å². The molecule has 3 rings (SSSR count). The number of aryl methyl sites for hydroxylation is 3. The second-order valence-electron chi connectivity index (χ2n) is 5.92. The minimum atomic E-state index is -0.206. The van der Waals surface area contributed by atoms with Gasteiger partial charge in [0.25, 0.3) is 0 Å². The number of rotatable bonds is 4. The largest absolute Gasteiger partial charge is 0.298 e. The fraction of sp³-hybridized carbons (Fsp3) is 0.150. The first kappa shape index (κ1) is 17.0. The first-order valence-corrected chi connectivity index (χ1v) is 8.84. The second kappa shape index (κ2) is 7.40. The van der Waals surface area contributed by atoms with E-state index in [2.05, 4.69) is 48.2 Å². The van der Waals surface area contributed by atoms with Gasteiger partial charge in [-0.05, 0) is 49.6 Å². The molecule has 0 aliphatic carbocycles. The van der Waals surface area contributed by atoms with E-state index in [0.717, 1.165) is 16.8 Å². The van der Waals surface area contributed by atoms with E-state index in [1.165, 1.54) is 34.1 Å². The van der Waals surface area contributed by atoms with E-state index in [9.17, 15) is 4.79 Å². The number of pyridine rings is 1. The zero-order valence-corrected chi connectivity index (χ0v) is 15.2. The Bertz CT molecular complexity index is 906. The molecule has 0 bridgehead atoms. The quantitative estimate of drug-likeness (QED) is 0.690. The van der Waals surface area contributed by atoms with Gasteiger partial charge in [0.15, 0.2) is 5.13 Å². The smallest absolute Gasteiger partial charge is 0.250 e. The van der Waals surface area contributed by atoms with Crippen LogP contribution in [0.2, 0.25) is 0 Å². The standard InChI is InChI=1S/C20H19N3OS/c1-13-9-14(2)19(15(3)10-13)17-12-25-20(22-17)23-18(24)7-6-16-5-4-8-21-11-16/h4-12H,1-3H3,(H,22,23,24). The molecule has 5 heteroatoms. The van der Waals surface area contributed by atoms with Crippen LogP contribution in [0.1, 0.15) is 22.3 Å². The lowest BCUT2D eigenvalue weighted by Gasteiger charge is -2.08. The average molecular weight is 349 g/mol. The molecule has 1 amide bonds. The molecule has 3 aromatic rings. The molecular weight excluding hydrogens is 330 g/mol. The molecule has 25 heavy (non-hydrogen) atoms. The Kier molecular flexibility index (Phi) is 5.05. The maximum Gasteiger partial charge on any atom is 0.250 e. The summed E-state index contributed by atoms with van der Waals surface area (Å²) in [6, 6.07) is 8.02. The van der Waals surface area contributed by atoms with E-state index >= 15 is 0 Å².